The van der Waals surface area contributed by atoms with Crippen molar-refractivity contribution in [3.8, 4) is 28.4 Å². The minimum absolute atomic E-state index is 0.475. The number of hydrogen-bond donors (Lipinski definition) is 2. The van der Waals surface area contributed by atoms with E-state index in [0.29, 0.717) is 36.0 Å². The molecule has 0 radical (unpaired) electrons. The van der Waals surface area contributed by atoms with Crippen molar-refractivity contribution in [1.29, 1.82) is 0 Å². The van der Waals surface area contributed by atoms with Gasteiger partial charge in [0.1, 0.15) is 18.9 Å². The van der Waals surface area contributed by atoms with Crippen LogP contribution in [0.1, 0.15) is 5.56 Å². The normalized spacial score (nSPS) is 12.7. The van der Waals surface area contributed by atoms with Gasteiger partial charge in [0, 0.05) is 17.3 Å². The molecule has 0 spiro atoms. The molecule has 0 bridgehead atoms. The molecular formula is C20H17N5O4. The lowest BCUT2D eigenvalue weighted by atomic mass is 10.1. The van der Waals surface area contributed by atoms with Crippen molar-refractivity contribution in [2.45, 2.75) is 0 Å². The highest BCUT2D eigenvalue weighted by molar-refractivity contribution is 6.34. The van der Waals surface area contributed by atoms with Crippen LogP contribution in [0.25, 0.3) is 16.9 Å². The Morgan fingerprint density at radius 3 is 2.62 bits per heavy atom. The third-order valence-electron chi connectivity index (χ3n) is 4.17. The van der Waals surface area contributed by atoms with Crippen LogP contribution in [0.5, 0.6) is 11.5 Å². The van der Waals surface area contributed by atoms with E-state index >= 15 is 0 Å². The first-order valence-electron chi connectivity index (χ1n) is 8.80. The van der Waals surface area contributed by atoms with E-state index in [4.69, 9.17) is 15.2 Å². The molecule has 2 aromatic carbocycles. The van der Waals surface area contributed by atoms with E-state index in [2.05, 4.69) is 15.6 Å². The second-order valence-corrected chi connectivity index (χ2v) is 6.13. The summed E-state index contributed by atoms with van der Waals surface area (Å²) in [6, 6.07) is 15.1. The quantitative estimate of drug-likeness (QED) is 0.394. The lowest BCUT2D eigenvalue weighted by Gasteiger charge is -2.18. The van der Waals surface area contributed by atoms with E-state index in [1.807, 2.05) is 48.5 Å². The topological polar surface area (TPSA) is 121 Å². The average Bonchev–Trinajstić information content (AvgIpc) is 3.18. The smallest absolute Gasteiger partial charge is 0.329 e. The molecule has 1 aliphatic rings. The third kappa shape index (κ3) is 3.93. The van der Waals surface area contributed by atoms with Crippen LogP contribution in [-0.4, -0.2) is 41.0 Å². The minimum Gasteiger partial charge on any atom is -0.486 e. The predicted octanol–water partition coefficient (Wildman–Crippen LogP) is 1.25. The fourth-order valence-corrected chi connectivity index (χ4v) is 2.83. The molecule has 4 rings (SSSR count). The molecule has 9 heteroatoms. The van der Waals surface area contributed by atoms with Crippen LogP contribution in [0, 0.1) is 0 Å². The van der Waals surface area contributed by atoms with Gasteiger partial charge in [0.15, 0.2) is 11.5 Å². The third-order valence-corrected chi connectivity index (χ3v) is 4.17. The molecule has 0 aliphatic carbocycles. The summed E-state index contributed by atoms with van der Waals surface area (Å²) in [6.45, 7) is 0.981. The number of carbonyl (C=O) groups is 2. The number of ether oxygens (including phenoxy) is 2. The molecule has 29 heavy (non-hydrogen) atoms. The average molecular weight is 391 g/mol. The second-order valence-electron chi connectivity index (χ2n) is 6.13. The van der Waals surface area contributed by atoms with Gasteiger partial charge in [0.25, 0.3) is 0 Å². The molecule has 0 atom stereocenters. The maximum absolute atomic E-state index is 11.3. The van der Waals surface area contributed by atoms with E-state index in [1.54, 1.807) is 10.9 Å². The Bertz CT molecular complexity index is 1090. The number of primary amides is 1. The Morgan fingerprint density at radius 2 is 1.86 bits per heavy atom. The van der Waals surface area contributed by atoms with E-state index < -0.39 is 11.8 Å². The molecule has 1 aliphatic heterocycles. The lowest BCUT2D eigenvalue weighted by molar-refractivity contribution is -0.137. The molecule has 0 unspecified atom stereocenters. The summed E-state index contributed by atoms with van der Waals surface area (Å²) in [4.78, 5) is 22.2. The van der Waals surface area contributed by atoms with Crippen molar-refractivity contribution in [2.24, 2.45) is 10.8 Å². The maximum Gasteiger partial charge on any atom is 0.329 e. The highest BCUT2D eigenvalue weighted by Crippen LogP contribution is 2.35. The Balaban J connectivity index is 1.73. The molecule has 146 valence electrons. The highest BCUT2D eigenvalue weighted by Gasteiger charge is 2.17. The van der Waals surface area contributed by atoms with Gasteiger partial charge in [-0.2, -0.15) is 10.2 Å². The predicted molar refractivity (Wildman–Crippen MR) is 105 cm³/mol. The van der Waals surface area contributed by atoms with Crippen LogP contribution in [0.2, 0.25) is 0 Å². The van der Waals surface area contributed by atoms with Crippen LogP contribution in [0.4, 0.5) is 0 Å². The number of benzene rings is 2. The van der Waals surface area contributed by atoms with Gasteiger partial charge < -0.3 is 15.2 Å². The van der Waals surface area contributed by atoms with Crippen LogP contribution >= 0.6 is 0 Å². The number of nitrogens with two attached hydrogens (primary N) is 1. The molecular weight excluding hydrogens is 374 g/mol. The van der Waals surface area contributed by atoms with Crippen LogP contribution in [0.15, 0.2) is 59.8 Å². The molecule has 0 saturated heterocycles. The van der Waals surface area contributed by atoms with E-state index in [-0.39, 0.29) is 0 Å². The van der Waals surface area contributed by atoms with Crippen molar-refractivity contribution < 1.29 is 19.1 Å². The Labute approximate surface area is 165 Å². The van der Waals surface area contributed by atoms with Gasteiger partial charge in [-0.25, -0.2) is 10.1 Å². The monoisotopic (exact) mass is 391 g/mol. The fourth-order valence-electron chi connectivity index (χ4n) is 2.83. The number of para-hydroxylation sites is 1. The van der Waals surface area contributed by atoms with Crippen LogP contribution in [0.3, 0.4) is 0 Å². The van der Waals surface area contributed by atoms with Crippen molar-refractivity contribution in [3.05, 3.63) is 60.3 Å². The molecule has 3 N–H and O–H groups in total. The molecule has 3 aromatic rings. The van der Waals surface area contributed by atoms with Gasteiger partial charge >= 0.3 is 11.8 Å². The first-order chi connectivity index (χ1) is 14.1. The minimum atomic E-state index is -1.12. The molecule has 9 nitrogen and oxygen atoms in total. The maximum atomic E-state index is 11.3. The lowest BCUT2D eigenvalue weighted by Crippen LogP contribution is -2.32. The van der Waals surface area contributed by atoms with Gasteiger partial charge in [0.2, 0.25) is 0 Å². The Kier molecular flexibility index (Phi) is 4.93. The van der Waals surface area contributed by atoms with Crippen molar-refractivity contribution in [3.63, 3.8) is 0 Å². The van der Waals surface area contributed by atoms with Crippen molar-refractivity contribution in [2.75, 3.05) is 13.2 Å². The van der Waals surface area contributed by atoms with Crippen molar-refractivity contribution in [1.82, 2.24) is 15.2 Å². The van der Waals surface area contributed by atoms with Gasteiger partial charge in [-0.15, -0.1) is 0 Å². The summed E-state index contributed by atoms with van der Waals surface area (Å²) >= 11 is 0. The zero-order valence-corrected chi connectivity index (χ0v) is 15.2. The number of rotatable bonds is 4. The molecule has 0 fully saturated rings. The summed E-state index contributed by atoms with van der Waals surface area (Å²) in [6.07, 6.45) is 3.17. The highest BCUT2D eigenvalue weighted by atomic mass is 16.6. The second kappa shape index (κ2) is 7.85. The van der Waals surface area contributed by atoms with Crippen LogP contribution < -0.4 is 20.6 Å². The number of nitrogens with one attached hydrogen (secondary N) is 1. The van der Waals surface area contributed by atoms with Gasteiger partial charge in [-0.3, -0.25) is 9.59 Å². The number of hydrogen-bond acceptors (Lipinski definition) is 6. The SMILES string of the molecule is NC(=O)C(=O)NN=Cc1cn(-c2ccccc2)nc1-c1ccc2c(c1)OCCO2. The summed E-state index contributed by atoms with van der Waals surface area (Å²) in [5.74, 6) is -0.814. The molecule has 0 saturated carbocycles. The van der Waals surface area contributed by atoms with E-state index in [1.165, 1.54) is 6.21 Å². The summed E-state index contributed by atoms with van der Waals surface area (Å²) in [5, 5.41) is 8.47. The molecule has 2 heterocycles. The van der Waals surface area contributed by atoms with Gasteiger partial charge in [-0.1, -0.05) is 18.2 Å². The number of hydrazone groups is 1. The Morgan fingerprint density at radius 1 is 1.10 bits per heavy atom. The first kappa shape index (κ1) is 18.2. The zero-order chi connectivity index (χ0) is 20.2. The van der Waals surface area contributed by atoms with E-state index in [0.717, 1.165) is 11.3 Å². The Hall–Kier alpha value is -4.14. The van der Waals surface area contributed by atoms with Gasteiger partial charge in [-0.05, 0) is 30.3 Å². The van der Waals surface area contributed by atoms with Crippen molar-refractivity contribution >= 4 is 18.0 Å². The molecule has 2 amide bonds. The number of fused-ring (bicyclic) bond motifs is 1. The zero-order valence-electron chi connectivity index (χ0n) is 15.2. The largest absolute Gasteiger partial charge is 0.486 e. The van der Waals surface area contributed by atoms with Crippen LogP contribution in [-0.2, 0) is 9.59 Å². The number of aromatic nitrogens is 2. The number of nitrogens with zero attached hydrogens (tertiary/aromatic N) is 3. The number of amides is 2. The van der Waals surface area contributed by atoms with Gasteiger partial charge in [0.05, 0.1) is 11.9 Å². The first-order valence-corrected chi connectivity index (χ1v) is 8.80. The summed E-state index contributed by atoms with van der Waals surface area (Å²) < 4.78 is 12.9. The molecule has 1 aromatic heterocycles. The summed E-state index contributed by atoms with van der Waals surface area (Å²) in [5.41, 5.74) is 9.87. The fraction of sp³-hybridized carbons (Fsp3) is 0.100. The standard InChI is InChI=1S/C20H17N5O4/c21-19(26)20(27)23-22-11-14-12-25(15-4-2-1-3-5-15)24-18(14)13-6-7-16-17(10-13)29-9-8-28-16/h1-7,10-12H,8-9H2,(H2,21,26)(H,23,27). The number of carbonyl (C=O) groups excluding carboxylic acids is 2. The summed E-state index contributed by atoms with van der Waals surface area (Å²) in [7, 11) is 0. The van der Waals surface area contributed by atoms with E-state index in [9.17, 15) is 9.59 Å².